The van der Waals surface area contributed by atoms with E-state index in [-0.39, 0.29) is 18.7 Å². The van der Waals surface area contributed by atoms with Crippen molar-refractivity contribution < 1.29 is 19.4 Å². The third kappa shape index (κ3) is 2.79. The minimum Gasteiger partial charge on any atom is -0.480 e. The standard InChI is InChI=1S/C14H16N2O4/c1-3-20-14(19)11-8-12(13(17)18)16(15-11)10-6-4-5-9(2)7-10/h4-7,12H,3,8H2,1-2H3,(H,17,18)/t12-/m0/s1. The van der Waals surface area contributed by atoms with E-state index in [1.54, 1.807) is 13.0 Å². The third-order valence-electron chi connectivity index (χ3n) is 2.97. The molecule has 1 aliphatic rings. The van der Waals surface area contributed by atoms with Crippen molar-refractivity contribution in [3.63, 3.8) is 0 Å². The van der Waals surface area contributed by atoms with E-state index in [4.69, 9.17) is 4.74 Å². The number of benzene rings is 1. The molecule has 0 fully saturated rings. The number of carboxylic acid groups (broad SMARTS) is 1. The number of carbonyl (C=O) groups is 2. The van der Waals surface area contributed by atoms with Crippen molar-refractivity contribution in [2.24, 2.45) is 5.10 Å². The molecule has 6 nitrogen and oxygen atoms in total. The van der Waals surface area contributed by atoms with E-state index in [1.165, 1.54) is 5.01 Å². The van der Waals surface area contributed by atoms with E-state index >= 15 is 0 Å². The van der Waals surface area contributed by atoms with Gasteiger partial charge >= 0.3 is 11.9 Å². The van der Waals surface area contributed by atoms with Crippen molar-refractivity contribution in [2.75, 3.05) is 11.6 Å². The fourth-order valence-electron chi connectivity index (χ4n) is 2.05. The lowest BCUT2D eigenvalue weighted by atomic mass is 10.1. The second kappa shape index (κ2) is 5.73. The van der Waals surface area contributed by atoms with E-state index in [9.17, 15) is 14.7 Å². The van der Waals surface area contributed by atoms with Crippen LogP contribution in [0.5, 0.6) is 0 Å². The largest absolute Gasteiger partial charge is 0.480 e. The Bertz CT molecular complexity index is 568. The van der Waals surface area contributed by atoms with Crippen molar-refractivity contribution >= 4 is 23.3 Å². The first-order valence-electron chi connectivity index (χ1n) is 6.36. The first kappa shape index (κ1) is 14.0. The first-order chi connectivity index (χ1) is 9.52. The van der Waals surface area contributed by atoms with E-state index in [2.05, 4.69) is 5.10 Å². The Balaban J connectivity index is 2.32. The number of rotatable bonds is 4. The number of esters is 1. The van der Waals surface area contributed by atoms with Crippen LogP contribution in [0.2, 0.25) is 0 Å². The predicted molar refractivity (Wildman–Crippen MR) is 73.8 cm³/mol. The number of aliphatic carboxylic acids is 1. The average Bonchev–Trinajstić information content (AvgIpc) is 2.84. The van der Waals surface area contributed by atoms with Crippen molar-refractivity contribution in [3.05, 3.63) is 29.8 Å². The zero-order valence-electron chi connectivity index (χ0n) is 11.4. The highest BCUT2D eigenvalue weighted by Crippen LogP contribution is 2.25. The van der Waals surface area contributed by atoms with E-state index in [0.29, 0.717) is 5.69 Å². The van der Waals surface area contributed by atoms with Gasteiger partial charge in [0.25, 0.3) is 0 Å². The van der Waals surface area contributed by atoms with Crippen molar-refractivity contribution in [1.29, 1.82) is 0 Å². The summed E-state index contributed by atoms with van der Waals surface area (Å²) < 4.78 is 4.87. The van der Waals surface area contributed by atoms with Crippen LogP contribution >= 0.6 is 0 Å². The quantitative estimate of drug-likeness (QED) is 0.844. The smallest absolute Gasteiger partial charge is 0.354 e. The molecule has 0 saturated carbocycles. The van der Waals surface area contributed by atoms with Crippen LogP contribution in [0.15, 0.2) is 29.4 Å². The van der Waals surface area contributed by atoms with Crippen LogP contribution in [-0.2, 0) is 14.3 Å². The fraction of sp³-hybridized carbons (Fsp3) is 0.357. The maximum Gasteiger partial charge on any atom is 0.354 e. The van der Waals surface area contributed by atoms with Crippen LogP contribution in [0.4, 0.5) is 5.69 Å². The van der Waals surface area contributed by atoms with Gasteiger partial charge in [0.1, 0.15) is 5.71 Å². The highest BCUT2D eigenvalue weighted by Gasteiger charge is 2.36. The second-order valence-corrected chi connectivity index (χ2v) is 4.51. The molecule has 0 amide bonds. The molecule has 6 heteroatoms. The van der Waals surface area contributed by atoms with Gasteiger partial charge in [0.2, 0.25) is 0 Å². The van der Waals surface area contributed by atoms with Crippen molar-refractivity contribution in [3.8, 4) is 0 Å². The molecule has 0 unspecified atom stereocenters. The Morgan fingerprint density at radius 1 is 1.50 bits per heavy atom. The summed E-state index contributed by atoms with van der Waals surface area (Å²) in [4.78, 5) is 23.0. The van der Waals surface area contributed by atoms with Gasteiger partial charge in [0.15, 0.2) is 6.04 Å². The molecule has 0 radical (unpaired) electrons. The zero-order chi connectivity index (χ0) is 14.7. The summed E-state index contributed by atoms with van der Waals surface area (Å²) in [5.74, 6) is -1.58. The lowest BCUT2D eigenvalue weighted by Gasteiger charge is -2.20. The summed E-state index contributed by atoms with van der Waals surface area (Å²) in [6, 6.07) is 6.44. The number of hydrogen-bond acceptors (Lipinski definition) is 5. The van der Waals surface area contributed by atoms with Gasteiger partial charge < -0.3 is 9.84 Å². The molecular weight excluding hydrogens is 260 g/mol. The number of hydrogen-bond donors (Lipinski definition) is 1. The van der Waals surface area contributed by atoms with Gasteiger partial charge in [0, 0.05) is 6.42 Å². The van der Waals surface area contributed by atoms with Gasteiger partial charge in [-0.2, -0.15) is 5.10 Å². The summed E-state index contributed by atoms with van der Waals surface area (Å²) in [6.07, 6.45) is 0.0438. The van der Waals surface area contributed by atoms with E-state index in [0.717, 1.165) is 5.56 Å². The molecule has 0 aliphatic carbocycles. The number of hydrazone groups is 1. The van der Waals surface area contributed by atoms with Crippen LogP contribution in [0.3, 0.4) is 0 Å². The van der Waals surface area contributed by atoms with Gasteiger partial charge in [0.05, 0.1) is 12.3 Å². The molecule has 1 aliphatic heterocycles. The summed E-state index contributed by atoms with van der Waals surface area (Å²) >= 11 is 0. The zero-order valence-corrected chi connectivity index (χ0v) is 11.4. The number of carbonyl (C=O) groups excluding carboxylic acids is 1. The first-order valence-corrected chi connectivity index (χ1v) is 6.36. The monoisotopic (exact) mass is 276 g/mol. The molecule has 2 rings (SSSR count). The Morgan fingerprint density at radius 3 is 2.85 bits per heavy atom. The van der Waals surface area contributed by atoms with E-state index in [1.807, 2.05) is 25.1 Å². The highest BCUT2D eigenvalue weighted by atomic mass is 16.5. The van der Waals surface area contributed by atoms with Gasteiger partial charge in [-0.3, -0.25) is 5.01 Å². The maximum absolute atomic E-state index is 11.7. The molecule has 1 atom stereocenters. The Labute approximate surface area is 116 Å². The minimum absolute atomic E-state index is 0.0438. The molecular formula is C14H16N2O4. The number of carboxylic acids is 1. The highest BCUT2D eigenvalue weighted by molar-refractivity contribution is 6.38. The summed E-state index contributed by atoms with van der Waals surface area (Å²) in [5, 5.41) is 14.8. The Kier molecular flexibility index (Phi) is 4.02. The van der Waals surface area contributed by atoms with Crippen molar-refractivity contribution in [2.45, 2.75) is 26.3 Å². The molecule has 106 valence electrons. The molecule has 1 aromatic rings. The maximum atomic E-state index is 11.7. The summed E-state index contributed by atoms with van der Waals surface area (Å²) in [5.41, 5.74) is 1.78. The van der Waals surface area contributed by atoms with Crippen LogP contribution < -0.4 is 5.01 Å². The molecule has 20 heavy (non-hydrogen) atoms. The minimum atomic E-state index is -1.02. The molecule has 1 N–H and O–H groups in total. The van der Waals surface area contributed by atoms with Crippen LogP contribution in [-0.4, -0.2) is 35.4 Å². The SMILES string of the molecule is CCOC(=O)C1=NN(c2cccc(C)c2)[C@H](C(=O)O)C1. The van der Waals surface area contributed by atoms with Gasteiger partial charge in [-0.15, -0.1) is 0 Å². The van der Waals surface area contributed by atoms with Gasteiger partial charge in [-0.1, -0.05) is 12.1 Å². The van der Waals surface area contributed by atoms with Crippen molar-refractivity contribution in [1.82, 2.24) is 0 Å². The molecule has 1 aromatic carbocycles. The second-order valence-electron chi connectivity index (χ2n) is 4.51. The Hall–Kier alpha value is -2.37. The number of ether oxygens (including phenoxy) is 1. The van der Waals surface area contributed by atoms with Gasteiger partial charge in [-0.05, 0) is 31.5 Å². The molecule has 0 bridgehead atoms. The number of aryl methyl sites for hydroxylation is 1. The molecule has 0 saturated heterocycles. The Morgan fingerprint density at radius 2 is 2.25 bits per heavy atom. The summed E-state index contributed by atoms with van der Waals surface area (Å²) in [7, 11) is 0. The lowest BCUT2D eigenvalue weighted by molar-refractivity contribution is -0.138. The topological polar surface area (TPSA) is 79.2 Å². The number of nitrogens with zero attached hydrogens (tertiary/aromatic N) is 2. The third-order valence-corrected chi connectivity index (χ3v) is 2.97. The average molecular weight is 276 g/mol. The van der Waals surface area contributed by atoms with Crippen LogP contribution in [0.1, 0.15) is 18.9 Å². The van der Waals surface area contributed by atoms with Crippen LogP contribution in [0.25, 0.3) is 0 Å². The molecule has 0 aromatic heterocycles. The molecule has 1 heterocycles. The van der Waals surface area contributed by atoms with E-state index < -0.39 is 18.0 Å². The van der Waals surface area contributed by atoms with Gasteiger partial charge in [-0.25, -0.2) is 9.59 Å². The normalized spacial score (nSPS) is 17.8. The predicted octanol–water partition coefficient (Wildman–Crippen LogP) is 1.58. The summed E-state index contributed by atoms with van der Waals surface area (Å²) in [6.45, 7) is 3.84. The number of anilines is 1. The fourth-order valence-corrected chi connectivity index (χ4v) is 2.05. The lowest BCUT2D eigenvalue weighted by Crippen LogP contribution is -2.34. The molecule has 0 spiro atoms. The van der Waals surface area contributed by atoms with Crippen LogP contribution in [0, 0.1) is 6.92 Å².